The van der Waals surface area contributed by atoms with Gasteiger partial charge >= 0.3 is 4.87 Å². The van der Waals surface area contributed by atoms with Crippen LogP contribution >= 0.6 is 11.3 Å². The third-order valence-electron chi connectivity index (χ3n) is 5.56. The van der Waals surface area contributed by atoms with E-state index >= 15 is 0 Å². The molecule has 4 aromatic rings. The summed E-state index contributed by atoms with van der Waals surface area (Å²) >= 11 is 1.10. The average molecular weight is 526 g/mol. The van der Waals surface area contributed by atoms with Crippen molar-refractivity contribution in [2.24, 2.45) is 0 Å². The molecular weight excluding hydrogens is 498 g/mol. The fraction of sp³-hybridized carbons (Fsp3) is 0.231. The summed E-state index contributed by atoms with van der Waals surface area (Å²) in [6, 6.07) is 19.9. The Kier molecular flexibility index (Phi) is 7.18. The SMILES string of the molecule is CC(C)n1c(=O)sc2cc(NC(=O)[C@H](C)N(c3ccc(Oc4ccccc4)cc3)S(C)(=O)=O)ccc21. The highest BCUT2D eigenvalue weighted by Crippen LogP contribution is 2.28. The van der Waals surface area contributed by atoms with Crippen LogP contribution in [0.1, 0.15) is 26.8 Å². The van der Waals surface area contributed by atoms with Gasteiger partial charge in [-0.3, -0.25) is 18.5 Å². The molecule has 0 fully saturated rings. The van der Waals surface area contributed by atoms with E-state index in [2.05, 4.69) is 5.32 Å². The van der Waals surface area contributed by atoms with Gasteiger partial charge in [0.25, 0.3) is 0 Å². The molecule has 3 aromatic carbocycles. The van der Waals surface area contributed by atoms with E-state index in [1.165, 1.54) is 6.92 Å². The van der Waals surface area contributed by atoms with Crippen molar-refractivity contribution in [2.75, 3.05) is 15.9 Å². The second-order valence-electron chi connectivity index (χ2n) is 8.65. The number of anilines is 2. The maximum Gasteiger partial charge on any atom is 0.308 e. The third kappa shape index (κ3) is 5.44. The minimum absolute atomic E-state index is 0.0134. The number of benzene rings is 3. The average Bonchev–Trinajstić information content (AvgIpc) is 3.15. The predicted octanol–water partition coefficient (Wildman–Crippen LogP) is 5.23. The molecular formula is C26H27N3O5S2. The first-order chi connectivity index (χ1) is 17.0. The smallest absolute Gasteiger partial charge is 0.308 e. The molecule has 4 rings (SSSR count). The second-order valence-corrected chi connectivity index (χ2v) is 11.5. The molecule has 0 aliphatic rings. The molecule has 1 heterocycles. The van der Waals surface area contributed by atoms with E-state index in [0.717, 1.165) is 32.1 Å². The largest absolute Gasteiger partial charge is 0.457 e. The van der Waals surface area contributed by atoms with E-state index in [4.69, 9.17) is 4.74 Å². The van der Waals surface area contributed by atoms with Gasteiger partial charge in [0.05, 0.1) is 22.2 Å². The first-order valence-electron chi connectivity index (χ1n) is 11.3. The van der Waals surface area contributed by atoms with Crippen LogP contribution in [0.3, 0.4) is 0 Å². The Bertz CT molecular complexity index is 1540. The summed E-state index contributed by atoms with van der Waals surface area (Å²) in [6.07, 6.45) is 1.06. The number of aromatic nitrogens is 1. The predicted molar refractivity (Wildman–Crippen MR) is 145 cm³/mol. The molecule has 0 unspecified atom stereocenters. The normalized spacial score (nSPS) is 12.5. The van der Waals surface area contributed by atoms with Crippen LogP contribution < -0.4 is 19.2 Å². The topological polar surface area (TPSA) is 97.7 Å². The maximum atomic E-state index is 13.1. The van der Waals surface area contributed by atoms with Crippen LogP contribution in [0, 0.1) is 0 Å². The molecule has 0 saturated carbocycles. The molecule has 0 spiro atoms. The number of hydrogen-bond donors (Lipinski definition) is 1. The lowest BCUT2D eigenvalue weighted by Crippen LogP contribution is -2.45. The quantitative estimate of drug-likeness (QED) is 0.340. The lowest BCUT2D eigenvalue weighted by Gasteiger charge is -2.28. The standard InChI is InChI=1S/C26H27N3O5S2/c1-17(2)28-23-15-10-19(16-24(23)35-26(28)31)27-25(30)18(3)29(36(4,32)33)20-11-13-22(14-12-20)34-21-8-6-5-7-9-21/h5-18H,1-4H3,(H,27,30)/t18-/m0/s1. The van der Waals surface area contributed by atoms with Gasteiger partial charge in [-0.25, -0.2) is 8.42 Å². The lowest BCUT2D eigenvalue weighted by atomic mass is 10.2. The van der Waals surface area contributed by atoms with Crippen LogP contribution in [0.25, 0.3) is 10.2 Å². The summed E-state index contributed by atoms with van der Waals surface area (Å²) in [5.74, 6) is 0.694. The van der Waals surface area contributed by atoms with Crippen molar-refractivity contribution in [3.8, 4) is 11.5 Å². The number of nitrogens with one attached hydrogen (secondary N) is 1. The molecule has 1 atom stereocenters. The molecule has 8 nitrogen and oxygen atoms in total. The summed E-state index contributed by atoms with van der Waals surface area (Å²) in [4.78, 5) is 25.3. The number of fused-ring (bicyclic) bond motifs is 1. The van der Waals surface area contributed by atoms with E-state index in [-0.39, 0.29) is 10.9 Å². The van der Waals surface area contributed by atoms with Crippen LogP contribution in [0.2, 0.25) is 0 Å². The number of ether oxygens (including phenoxy) is 1. The van der Waals surface area contributed by atoms with Crippen molar-refractivity contribution in [1.29, 1.82) is 0 Å². The van der Waals surface area contributed by atoms with E-state index in [1.807, 2.05) is 44.2 Å². The number of hydrogen-bond acceptors (Lipinski definition) is 6. The molecule has 0 aliphatic carbocycles. The van der Waals surface area contributed by atoms with Crippen molar-refractivity contribution >= 4 is 48.9 Å². The molecule has 10 heteroatoms. The van der Waals surface area contributed by atoms with Crippen molar-refractivity contribution in [2.45, 2.75) is 32.9 Å². The van der Waals surface area contributed by atoms with Gasteiger partial charge in [0, 0.05) is 11.7 Å². The second kappa shape index (κ2) is 10.2. The Balaban J connectivity index is 1.55. The minimum atomic E-state index is -3.78. The van der Waals surface area contributed by atoms with E-state index in [9.17, 15) is 18.0 Å². The van der Waals surface area contributed by atoms with Gasteiger partial charge in [-0.05, 0) is 75.4 Å². The number of sulfonamides is 1. The van der Waals surface area contributed by atoms with Crippen molar-refractivity contribution in [1.82, 2.24) is 4.57 Å². The van der Waals surface area contributed by atoms with Crippen LogP contribution in [0.5, 0.6) is 11.5 Å². The lowest BCUT2D eigenvalue weighted by molar-refractivity contribution is -0.116. The van der Waals surface area contributed by atoms with Gasteiger partial charge in [0.2, 0.25) is 15.9 Å². The molecule has 1 amide bonds. The Morgan fingerprint density at radius 3 is 2.22 bits per heavy atom. The van der Waals surface area contributed by atoms with Crippen LogP contribution in [0.4, 0.5) is 11.4 Å². The van der Waals surface area contributed by atoms with Crippen molar-refractivity contribution in [3.63, 3.8) is 0 Å². The monoisotopic (exact) mass is 525 g/mol. The molecule has 0 bridgehead atoms. The van der Waals surface area contributed by atoms with Crippen molar-refractivity contribution in [3.05, 3.63) is 82.5 Å². The number of para-hydroxylation sites is 1. The molecule has 36 heavy (non-hydrogen) atoms. The Labute approximate surface area is 213 Å². The zero-order valence-corrected chi connectivity index (χ0v) is 22.0. The fourth-order valence-electron chi connectivity index (χ4n) is 3.94. The highest BCUT2D eigenvalue weighted by molar-refractivity contribution is 7.92. The summed E-state index contributed by atoms with van der Waals surface area (Å²) in [5, 5.41) is 2.78. The highest BCUT2D eigenvalue weighted by atomic mass is 32.2. The zero-order valence-electron chi connectivity index (χ0n) is 20.3. The van der Waals surface area contributed by atoms with Gasteiger partial charge in [0.15, 0.2) is 0 Å². The van der Waals surface area contributed by atoms with E-state index in [1.54, 1.807) is 47.0 Å². The molecule has 1 aromatic heterocycles. The first kappa shape index (κ1) is 25.5. The van der Waals surface area contributed by atoms with Crippen molar-refractivity contribution < 1.29 is 17.9 Å². The zero-order chi connectivity index (χ0) is 26.0. The number of rotatable bonds is 8. The summed E-state index contributed by atoms with van der Waals surface area (Å²) in [7, 11) is -3.78. The molecule has 0 aliphatic heterocycles. The number of amides is 1. The Morgan fingerprint density at radius 1 is 0.972 bits per heavy atom. The van der Waals surface area contributed by atoms with Gasteiger partial charge < -0.3 is 10.1 Å². The summed E-state index contributed by atoms with van der Waals surface area (Å²) < 4.78 is 34.6. The van der Waals surface area contributed by atoms with Gasteiger partial charge in [-0.1, -0.05) is 29.5 Å². The Hall–Kier alpha value is -3.63. The van der Waals surface area contributed by atoms with E-state index < -0.39 is 22.0 Å². The van der Waals surface area contributed by atoms with Crippen LogP contribution in [-0.4, -0.2) is 31.2 Å². The number of carbonyl (C=O) groups excluding carboxylic acids is 1. The summed E-state index contributed by atoms with van der Waals surface area (Å²) in [5.41, 5.74) is 1.61. The molecule has 0 radical (unpaired) electrons. The van der Waals surface area contributed by atoms with Crippen LogP contribution in [0.15, 0.2) is 77.6 Å². The maximum absolute atomic E-state index is 13.1. The number of carbonyl (C=O) groups is 1. The number of nitrogens with zero attached hydrogens (tertiary/aromatic N) is 2. The first-order valence-corrected chi connectivity index (χ1v) is 14.0. The summed E-state index contributed by atoms with van der Waals surface area (Å²) in [6.45, 7) is 5.40. The Morgan fingerprint density at radius 2 is 1.61 bits per heavy atom. The third-order valence-corrected chi connectivity index (χ3v) is 7.72. The molecule has 0 saturated heterocycles. The fourth-order valence-corrected chi connectivity index (χ4v) is 6.17. The molecule has 188 valence electrons. The molecule has 1 N–H and O–H groups in total. The minimum Gasteiger partial charge on any atom is -0.457 e. The number of thiazole rings is 1. The van der Waals surface area contributed by atoms with E-state index in [0.29, 0.717) is 22.9 Å². The highest BCUT2D eigenvalue weighted by Gasteiger charge is 2.29. The van der Waals surface area contributed by atoms with Gasteiger partial charge in [0.1, 0.15) is 17.5 Å². The van der Waals surface area contributed by atoms with Crippen LogP contribution in [-0.2, 0) is 14.8 Å². The van der Waals surface area contributed by atoms with Gasteiger partial charge in [-0.2, -0.15) is 0 Å². The van der Waals surface area contributed by atoms with Gasteiger partial charge in [-0.15, -0.1) is 0 Å².